The van der Waals surface area contributed by atoms with Crippen LogP contribution in [-0.2, 0) is 24.4 Å². The van der Waals surface area contributed by atoms with Gasteiger partial charge in [-0.05, 0) is 35.9 Å². The van der Waals surface area contributed by atoms with Crippen molar-refractivity contribution in [3.8, 4) is 0 Å². The monoisotopic (exact) mass is 422 g/mol. The zero-order chi connectivity index (χ0) is 18.2. The van der Waals surface area contributed by atoms with Crippen LogP contribution in [0.25, 0.3) is 0 Å². The van der Waals surface area contributed by atoms with E-state index >= 15 is 0 Å². The molecular formula is C16H11BrN2O5S. The highest BCUT2D eigenvalue weighted by Gasteiger charge is 2.40. The number of hydrogen-bond donors (Lipinski definition) is 2. The molecule has 2 aromatic rings. The molecule has 9 heteroatoms. The van der Waals surface area contributed by atoms with E-state index in [0.717, 1.165) is 0 Å². The molecule has 0 saturated heterocycles. The lowest BCUT2D eigenvalue weighted by molar-refractivity contribution is -0.139. The predicted molar refractivity (Wildman–Crippen MR) is 92.3 cm³/mol. The quantitative estimate of drug-likeness (QED) is 0.573. The summed E-state index contributed by atoms with van der Waals surface area (Å²) in [5.74, 6) is -4.53. The topological polar surface area (TPSA) is 109 Å². The van der Waals surface area contributed by atoms with Gasteiger partial charge in [-0.15, -0.1) is 0 Å². The van der Waals surface area contributed by atoms with Crippen molar-refractivity contribution in [1.29, 1.82) is 0 Å². The summed E-state index contributed by atoms with van der Waals surface area (Å²) >= 11 is 3.17. The van der Waals surface area contributed by atoms with Crippen molar-refractivity contribution in [1.82, 2.24) is 4.72 Å². The van der Waals surface area contributed by atoms with Gasteiger partial charge < -0.3 is 5.32 Å². The van der Waals surface area contributed by atoms with Crippen LogP contribution in [0.3, 0.4) is 0 Å². The van der Waals surface area contributed by atoms with E-state index in [2.05, 4.69) is 21.2 Å². The van der Waals surface area contributed by atoms with Gasteiger partial charge in [0, 0.05) is 10.2 Å². The summed E-state index contributed by atoms with van der Waals surface area (Å²) in [6.07, 6.45) is 0. The van der Waals surface area contributed by atoms with Crippen LogP contribution in [0.1, 0.15) is 11.5 Å². The Bertz CT molecular complexity index is 986. The zero-order valence-corrected chi connectivity index (χ0v) is 14.9. The lowest BCUT2D eigenvalue weighted by atomic mass is 9.96. The molecule has 1 heterocycles. The fourth-order valence-electron chi connectivity index (χ4n) is 2.45. The molecule has 1 aliphatic rings. The second kappa shape index (κ2) is 6.41. The molecule has 0 saturated carbocycles. The smallest absolute Gasteiger partial charge is 0.302 e. The van der Waals surface area contributed by atoms with Crippen LogP contribution in [0.4, 0.5) is 5.69 Å². The lowest BCUT2D eigenvalue weighted by Crippen LogP contribution is -2.40. The van der Waals surface area contributed by atoms with Crippen molar-refractivity contribution in [3.63, 3.8) is 0 Å². The number of ketones is 1. The number of para-hydroxylation sites is 1. The molecule has 0 spiro atoms. The number of rotatable bonds is 4. The van der Waals surface area contributed by atoms with Crippen LogP contribution >= 0.6 is 15.9 Å². The minimum Gasteiger partial charge on any atom is -0.325 e. The first-order chi connectivity index (χ1) is 11.8. The van der Waals surface area contributed by atoms with Crippen LogP contribution in [0, 0.1) is 0 Å². The van der Waals surface area contributed by atoms with E-state index in [0.29, 0.717) is 15.7 Å². The lowest BCUT2D eigenvalue weighted by Gasteiger charge is -2.09. The van der Waals surface area contributed by atoms with Gasteiger partial charge in [0.15, 0.2) is 0 Å². The van der Waals surface area contributed by atoms with Crippen molar-refractivity contribution < 1.29 is 22.8 Å². The number of hydrogen-bond acceptors (Lipinski definition) is 5. The van der Waals surface area contributed by atoms with Crippen LogP contribution in [-0.4, -0.2) is 26.0 Å². The van der Waals surface area contributed by atoms with Gasteiger partial charge in [0.25, 0.3) is 10.0 Å². The highest BCUT2D eigenvalue weighted by molar-refractivity contribution is 9.10. The first kappa shape index (κ1) is 17.3. The number of carbonyl (C=O) groups is 3. The molecule has 0 bridgehead atoms. The highest BCUT2D eigenvalue weighted by atomic mass is 79.9. The van der Waals surface area contributed by atoms with Gasteiger partial charge in [-0.25, -0.2) is 13.1 Å². The molecule has 2 aromatic carbocycles. The van der Waals surface area contributed by atoms with Gasteiger partial charge in [0.2, 0.25) is 11.7 Å². The van der Waals surface area contributed by atoms with Crippen LogP contribution < -0.4 is 10.0 Å². The fraction of sp³-hybridized carbons (Fsp3) is 0.0625. The number of Topliss-reactive ketones (excluding diaryl/α,β-unsaturated/α-hetero) is 1. The normalized spacial score (nSPS) is 16.0. The average Bonchev–Trinajstić information content (AvgIpc) is 2.89. The molecule has 7 nitrogen and oxygen atoms in total. The van der Waals surface area contributed by atoms with Crippen molar-refractivity contribution in [2.45, 2.75) is 10.8 Å². The van der Waals surface area contributed by atoms with Gasteiger partial charge >= 0.3 is 5.91 Å². The molecule has 2 amide bonds. The summed E-state index contributed by atoms with van der Waals surface area (Å²) in [4.78, 5) is 36.3. The molecule has 0 aliphatic carbocycles. The number of halogens is 1. The first-order valence-electron chi connectivity index (χ1n) is 7.06. The summed E-state index contributed by atoms with van der Waals surface area (Å²) in [7, 11) is -4.22. The van der Waals surface area contributed by atoms with E-state index in [9.17, 15) is 22.8 Å². The van der Waals surface area contributed by atoms with Gasteiger partial charge in [0.05, 0.1) is 4.90 Å². The van der Waals surface area contributed by atoms with Gasteiger partial charge in [-0.3, -0.25) is 14.4 Å². The molecule has 1 atom stereocenters. The standard InChI is InChI=1S/C16H11BrN2O5S/c17-9-5-7-10(8-6-9)25(23,24)19-16(22)14(20)13-11-3-1-2-4-12(11)18-15(13)21/h1-8,13H,(H,18,21)(H,19,22)/t13-/m1/s1. The second-order valence-electron chi connectivity index (χ2n) is 5.26. The Hall–Kier alpha value is -2.52. The number of carbonyl (C=O) groups excluding carboxylic acids is 3. The largest absolute Gasteiger partial charge is 0.325 e. The Balaban J connectivity index is 1.83. The number of anilines is 1. The fourth-order valence-corrected chi connectivity index (χ4v) is 3.67. The minimum atomic E-state index is -4.22. The summed E-state index contributed by atoms with van der Waals surface area (Å²) in [5.41, 5.74) is 0.767. The van der Waals surface area contributed by atoms with E-state index in [1.54, 1.807) is 22.9 Å². The molecule has 25 heavy (non-hydrogen) atoms. The van der Waals surface area contributed by atoms with Crippen LogP contribution in [0.5, 0.6) is 0 Å². The molecule has 0 unspecified atom stereocenters. The Morgan fingerprint density at radius 2 is 1.68 bits per heavy atom. The van der Waals surface area contributed by atoms with Gasteiger partial charge in [-0.2, -0.15) is 0 Å². The maximum Gasteiger partial charge on any atom is 0.302 e. The van der Waals surface area contributed by atoms with Crippen molar-refractivity contribution >= 4 is 49.2 Å². The maximum atomic E-state index is 12.3. The second-order valence-corrected chi connectivity index (χ2v) is 7.86. The summed E-state index contributed by atoms with van der Waals surface area (Å²) < 4.78 is 26.8. The van der Waals surface area contributed by atoms with E-state index in [-0.39, 0.29) is 4.90 Å². The van der Waals surface area contributed by atoms with E-state index in [1.807, 2.05) is 0 Å². The SMILES string of the molecule is O=C(NS(=O)(=O)c1ccc(Br)cc1)C(=O)[C@@H]1C(=O)Nc2ccccc21. The minimum absolute atomic E-state index is 0.173. The molecule has 2 N–H and O–H groups in total. The van der Waals surface area contributed by atoms with Crippen LogP contribution in [0.2, 0.25) is 0 Å². The third kappa shape index (κ3) is 3.33. The number of amides is 2. The highest BCUT2D eigenvalue weighted by Crippen LogP contribution is 2.32. The number of benzene rings is 2. The third-order valence-corrected chi connectivity index (χ3v) is 5.50. The third-order valence-electron chi connectivity index (χ3n) is 3.63. The summed E-state index contributed by atoms with van der Waals surface area (Å²) in [5, 5.41) is 2.49. The summed E-state index contributed by atoms with van der Waals surface area (Å²) in [6, 6.07) is 12.0. The van der Waals surface area contributed by atoms with Gasteiger partial charge in [0.1, 0.15) is 5.92 Å². The number of nitrogens with one attached hydrogen (secondary N) is 2. The molecule has 0 radical (unpaired) electrons. The molecular weight excluding hydrogens is 412 g/mol. The molecule has 128 valence electrons. The molecule has 3 rings (SSSR count). The van der Waals surface area contributed by atoms with E-state index in [4.69, 9.17) is 0 Å². The molecule has 0 aromatic heterocycles. The van der Waals surface area contributed by atoms with Crippen LogP contribution in [0.15, 0.2) is 57.9 Å². The molecule has 0 fully saturated rings. The van der Waals surface area contributed by atoms with E-state index in [1.165, 1.54) is 30.3 Å². The number of fused-ring (bicyclic) bond motifs is 1. The molecule has 1 aliphatic heterocycles. The predicted octanol–water partition coefficient (Wildman–Crippen LogP) is 1.56. The maximum absolute atomic E-state index is 12.3. The summed E-state index contributed by atoms with van der Waals surface area (Å²) in [6.45, 7) is 0. The average molecular weight is 423 g/mol. The van der Waals surface area contributed by atoms with Crippen molar-refractivity contribution in [2.24, 2.45) is 0 Å². The first-order valence-corrected chi connectivity index (χ1v) is 9.33. The van der Waals surface area contributed by atoms with Crippen molar-refractivity contribution in [3.05, 3.63) is 58.6 Å². The van der Waals surface area contributed by atoms with E-state index < -0.39 is 33.5 Å². The Labute approximate surface area is 151 Å². The van der Waals surface area contributed by atoms with Gasteiger partial charge in [-0.1, -0.05) is 34.1 Å². The number of sulfonamides is 1. The Morgan fingerprint density at radius 3 is 2.36 bits per heavy atom. The Kier molecular flexibility index (Phi) is 4.44. The Morgan fingerprint density at radius 1 is 1.04 bits per heavy atom. The van der Waals surface area contributed by atoms with Crippen molar-refractivity contribution in [2.75, 3.05) is 5.32 Å². The zero-order valence-electron chi connectivity index (χ0n) is 12.5.